The predicted octanol–water partition coefficient (Wildman–Crippen LogP) is 2.28. The molecule has 8 nitrogen and oxygen atoms in total. The zero-order valence-electron chi connectivity index (χ0n) is 13.9. The number of imidazole rings is 1. The van der Waals surface area contributed by atoms with Crippen LogP contribution < -0.4 is 10.5 Å². The minimum atomic E-state index is -3.35. The predicted molar refractivity (Wildman–Crippen MR) is 93.6 cm³/mol. The molecule has 25 heavy (non-hydrogen) atoms. The molecule has 2 aliphatic carbocycles. The van der Waals surface area contributed by atoms with Crippen LogP contribution in [0.4, 0.5) is 10.5 Å². The van der Waals surface area contributed by atoms with Crippen molar-refractivity contribution in [2.45, 2.75) is 50.0 Å². The monoisotopic (exact) mass is 360 g/mol. The molecule has 0 spiro atoms. The molecule has 2 aromatic heterocycles. The van der Waals surface area contributed by atoms with Gasteiger partial charge in [0.05, 0.1) is 18.2 Å². The highest BCUT2D eigenvalue weighted by molar-refractivity contribution is 7.91. The number of hydrogen-bond donors (Lipinski definition) is 3. The van der Waals surface area contributed by atoms with Crippen LogP contribution in [0.3, 0.4) is 0 Å². The van der Waals surface area contributed by atoms with E-state index in [-0.39, 0.29) is 5.03 Å². The Labute approximate surface area is 146 Å². The molecule has 2 amide bonds. The summed E-state index contributed by atoms with van der Waals surface area (Å²) in [4.78, 5) is 23.6. The number of amides is 2. The summed E-state index contributed by atoms with van der Waals surface area (Å²) in [6, 6.07) is -0.704. The zero-order chi connectivity index (χ0) is 17.6. The van der Waals surface area contributed by atoms with Gasteiger partial charge in [-0.25, -0.2) is 19.1 Å². The maximum Gasteiger partial charge on any atom is 0.354 e. The highest BCUT2D eigenvalue weighted by atomic mass is 32.2. The molecule has 0 aliphatic heterocycles. The molecule has 4 N–H and O–H groups in total. The van der Waals surface area contributed by atoms with Gasteiger partial charge in [-0.2, -0.15) is 0 Å². The topological polar surface area (TPSA) is 126 Å². The number of fused-ring (bicyclic) bond motifs is 2. The standard InChI is InChI=1S/C16H20N6O2S/c1-9-5-6-11-14(9)20-12-4-2-3-10(12)15(11)21-16(23)22-25(17,24)13-7-18-8-19-13/h7-9H,2-6H2,1H3,(H,18,19)(H3,17,20,21,22,23,24). The van der Waals surface area contributed by atoms with Gasteiger partial charge in [0, 0.05) is 11.4 Å². The number of aromatic nitrogens is 3. The van der Waals surface area contributed by atoms with Crippen molar-refractivity contribution in [1.29, 1.82) is 0 Å². The maximum atomic E-state index is 12.4. The normalized spacial score (nSPS) is 20.6. The lowest BCUT2D eigenvalue weighted by atomic mass is 10.0. The molecular formula is C16H20N6O2S. The number of carbonyl (C=O) groups excluding carboxylic acids is 1. The molecular weight excluding hydrogens is 340 g/mol. The first kappa shape index (κ1) is 16.2. The smallest absolute Gasteiger partial charge is 0.336 e. The van der Waals surface area contributed by atoms with Crippen LogP contribution in [0.2, 0.25) is 0 Å². The van der Waals surface area contributed by atoms with Crippen molar-refractivity contribution in [2.24, 2.45) is 9.50 Å². The Bertz CT molecular complexity index is 959. The summed E-state index contributed by atoms with van der Waals surface area (Å²) in [5, 5.41) is 8.67. The molecule has 0 fully saturated rings. The van der Waals surface area contributed by atoms with Gasteiger partial charge in [0.25, 0.3) is 0 Å². The van der Waals surface area contributed by atoms with Gasteiger partial charge in [-0.1, -0.05) is 6.92 Å². The Morgan fingerprint density at radius 1 is 1.40 bits per heavy atom. The fraction of sp³-hybridized carbons (Fsp3) is 0.438. The third-order valence-corrected chi connectivity index (χ3v) is 6.18. The summed E-state index contributed by atoms with van der Waals surface area (Å²) in [6.45, 7) is 2.15. The first-order valence-corrected chi connectivity index (χ1v) is 9.92. The van der Waals surface area contributed by atoms with Crippen molar-refractivity contribution < 1.29 is 9.00 Å². The van der Waals surface area contributed by atoms with Crippen LogP contribution in [-0.4, -0.2) is 25.2 Å². The molecule has 0 bridgehead atoms. The Kier molecular flexibility index (Phi) is 3.84. The lowest BCUT2D eigenvalue weighted by Crippen LogP contribution is -2.19. The van der Waals surface area contributed by atoms with Crippen molar-refractivity contribution in [3.63, 3.8) is 0 Å². The first-order valence-electron chi connectivity index (χ1n) is 8.34. The molecule has 9 heteroatoms. The molecule has 2 aromatic rings. The molecule has 0 saturated carbocycles. The van der Waals surface area contributed by atoms with Gasteiger partial charge in [-0.15, -0.1) is 4.36 Å². The number of rotatable bonds is 2. The third kappa shape index (κ3) is 2.83. The van der Waals surface area contributed by atoms with Crippen molar-refractivity contribution >= 4 is 21.6 Å². The summed E-state index contributed by atoms with van der Waals surface area (Å²) in [7, 11) is -3.35. The van der Waals surface area contributed by atoms with Crippen LogP contribution in [0.5, 0.6) is 0 Å². The Morgan fingerprint density at radius 2 is 2.24 bits per heavy atom. The van der Waals surface area contributed by atoms with Crippen molar-refractivity contribution in [3.8, 4) is 0 Å². The number of H-pyrrole nitrogens is 1. The fourth-order valence-electron chi connectivity index (χ4n) is 3.66. The second kappa shape index (κ2) is 5.92. The average Bonchev–Trinajstić information content (AvgIpc) is 3.28. The number of nitrogens with two attached hydrogens (primary N) is 1. The van der Waals surface area contributed by atoms with E-state index in [4.69, 9.17) is 10.1 Å². The lowest BCUT2D eigenvalue weighted by Gasteiger charge is -2.15. The number of carbonyl (C=O) groups is 1. The van der Waals surface area contributed by atoms with E-state index >= 15 is 0 Å². The lowest BCUT2D eigenvalue weighted by molar-refractivity contribution is 0.260. The maximum absolute atomic E-state index is 12.4. The van der Waals surface area contributed by atoms with E-state index in [0.29, 0.717) is 5.92 Å². The van der Waals surface area contributed by atoms with Crippen molar-refractivity contribution in [2.75, 3.05) is 5.32 Å². The SMILES string of the molecule is CC1CCc2c1nc1c(c2NC(=O)N=S(N)(=O)c2cnc[nH]2)CCC1. The van der Waals surface area contributed by atoms with Crippen LogP contribution >= 0.6 is 0 Å². The number of urea groups is 1. The molecule has 4 rings (SSSR count). The second-order valence-electron chi connectivity index (χ2n) is 6.58. The Morgan fingerprint density at radius 3 is 3.00 bits per heavy atom. The van der Waals surface area contributed by atoms with E-state index in [1.54, 1.807) is 0 Å². The van der Waals surface area contributed by atoms with Gasteiger partial charge < -0.3 is 10.3 Å². The molecule has 2 atom stereocenters. The molecule has 2 unspecified atom stereocenters. The van der Waals surface area contributed by atoms with E-state index in [1.807, 2.05) is 0 Å². The van der Waals surface area contributed by atoms with Gasteiger partial charge in [0.2, 0.25) is 0 Å². The Balaban J connectivity index is 1.71. The van der Waals surface area contributed by atoms with Crippen LogP contribution in [0.15, 0.2) is 21.9 Å². The van der Waals surface area contributed by atoms with Crippen LogP contribution in [0.25, 0.3) is 0 Å². The largest absolute Gasteiger partial charge is 0.354 e. The summed E-state index contributed by atoms with van der Waals surface area (Å²) >= 11 is 0. The van der Waals surface area contributed by atoms with Crippen LogP contribution in [-0.2, 0) is 29.2 Å². The number of pyridine rings is 1. The van der Waals surface area contributed by atoms with E-state index in [9.17, 15) is 9.00 Å². The van der Waals surface area contributed by atoms with Gasteiger partial charge in [0.1, 0.15) is 5.03 Å². The number of nitrogens with zero attached hydrogens (tertiary/aromatic N) is 3. The third-order valence-electron chi connectivity index (χ3n) is 4.89. The van der Waals surface area contributed by atoms with E-state index in [0.717, 1.165) is 60.3 Å². The first-order chi connectivity index (χ1) is 12.0. The number of nitrogens with one attached hydrogen (secondary N) is 2. The summed E-state index contributed by atoms with van der Waals surface area (Å²) in [5.41, 5.74) is 5.10. The number of hydrogen-bond acceptors (Lipinski definition) is 4. The number of aromatic amines is 1. The van der Waals surface area contributed by atoms with Crippen LogP contribution in [0.1, 0.15) is 48.2 Å². The highest BCUT2D eigenvalue weighted by Gasteiger charge is 2.30. The molecule has 2 heterocycles. The van der Waals surface area contributed by atoms with Gasteiger partial charge in [-0.05, 0) is 49.1 Å². The van der Waals surface area contributed by atoms with Crippen molar-refractivity contribution in [3.05, 3.63) is 35.0 Å². The minimum absolute atomic E-state index is 0.126. The number of anilines is 1. The molecule has 0 radical (unpaired) electrons. The second-order valence-corrected chi connectivity index (χ2v) is 8.33. The molecule has 2 aliphatic rings. The van der Waals surface area contributed by atoms with Gasteiger partial charge in [0.15, 0.2) is 9.92 Å². The quantitative estimate of drug-likeness (QED) is 0.759. The fourth-order valence-corrected chi connectivity index (χ4v) is 4.48. The Hall–Kier alpha value is -2.26. The van der Waals surface area contributed by atoms with Crippen molar-refractivity contribution in [1.82, 2.24) is 15.0 Å². The van der Waals surface area contributed by atoms with Crippen LogP contribution in [0, 0.1) is 0 Å². The average molecular weight is 360 g/mol. The summed E-state index contributed by atoms with van der Waals surface area (Å²) < 4.78 is 16.1. The van der Waals surface area contributed by atoms with E-state index in [2.05, 4.69) is 26.6 Å². The highest BCUT2D eigenvalue weighted by Crippen LogP contribution is 2.41. The number of aryl methyl sites for hydroxylation is 1. The van der Waals surface area contributed by atoms with E-state index < -0.39 is 15.9 Å². The summed E-state index contributed by atoms with van der Waals surface area (Å²) in [6.07, 6.45) is 7.40. The van der Waals surface area contributed by atoms with E-state index in [1.165, 1.54) is 12.5 Å². The minimum Gasteiger partial charge on any atom is -0.336 e. The molecule has 0 saturated heterocycles. The molecule has 132 valence electrons. The van der Waals surface area contributed by atoms with Gasteiger partial charge in [-0.3, -0.25) is 4.98 Å². The zero-order valence-corrected chi connectivity index (χ0v) is 14.7. The van der Waals surface area contributed by atoms with Gasteiger partial charge >= 0.3 is 6.03 Å². The summed E-state index contributed by atoms with van der Waals surface area (Å²) in [5.74, 6) is 0.386. The molecule has 0 aromatic carbocycles.